The molecule has 0 N–H and O–H groups in total. The maximum Gasteiger partial charge on any atom is 0.133 e. The Kier molecular flexibility index (Phi) is 3.60. The lowest BCUT2D eigenvalue weighted by atomic mass is 10.2. The van der Waals surface area contributed by atoms with Crippen LogP contribution in [-0.4, -0.2) is 10.2 Å². The highest BCUT2D eigenvalue weighted by Crippen LogP contribution is 2.08. The first-order chi connectivity index (χ1) is 3.18. The zero-order valence-electron chi connectivity index (χ0n) is 4.52. The summed E-state index contributed by atoms with van der Waals surface area (Å²) in [6.07, 6.45) is 0.977. The highest BCUT2D eigenvalue weighted by Gasteiger charge is 2.04. The fourth-order valence-corrected chi connectivity index (χ4v) is 0.157. The third-order valence-corrected chi connectivity index (χ3v) is 2.50. The smallest absolute Gasteiger partial charge is 0.133 e. The molecule has 1 unspecified atom stereocenters. The van der Waals surface area contributed by atoms with Crippen LogP contribution in [-0.2, 0) is 4.79 Å². The van der Waals surface area contributed by atoms with Crippen molar-refractivity contribution in [3.63, 3.8) is 0 Å². The van der Waals surface area contributed by atoms with Crippen LogP contribution in [0.2, 0.25) is 0 Å². The van der Waals surface area contributed by atoms with Crippen molar-refractivity contribution in [2.24, 2.45) is 5.92 Å². The Labute approximate surface area is 57.6 Å². The average Bonchev–Trinajstić information content (AvgIpc) is 1.65. The molecule has 0 aromatic rings. The van der Waals surface area contributed by atoms with E-state index in [-0.39, 0.29) is 3.92 Å². The topological polar surface area (TPSA) is 17.1 Å². The number of rotatable bonds is 2. The van der Waals surface area contributed by atoms with Crippen LogP contribution in [0.1, 0.15) is 13.8 Å². The molecule has 0 aliphatic rings. The maximum absolute atomic E-state index is 9.94. The monoisotopic (exact) mass is 212 g/mol. The molecule has 0 saturated carbocycles. The van der Waals surface area contributed by atoms with Gasteiger partial charge >= 0.3 is 0 Å². The molecule has 0 saturated heterocycles. The van der Waals surface area contributed by atoms with Gasteiger partial charge in [0.25, 0.3) is 0 Å². The van der Waals surface area contributed by atoms with E-state index in [9.17, 15) is 4.79 Å². The summed E-state index contributed by atoms with van der Waals surface area (Å²) in [5, 5.41) is 0. The van der Waals surface area contributed by atoms with Gasteiger partial charge in [-0.15, -0.1) is 0 Å². The number of carbonyl (C=O) groups is 1. The lowest BCUT2D eigenvalue weighted by Gasteiger charge is -2.02. The molecule has 1 nitrogen and oxygen atoms in total. The van der Waals surface area contributed by atoms with Gasteiger partial charge in [0.05, 0.1) is 3.92 Å². The fourth-order valence-electron chi connectivity index (χ4n) is 0.157. The molecule has 0 aliphatic carbocycles. The normalized spacial score (nSPS) is 14.3. The van der Waals surface area contributed by atoms with Crippen LogP contribution in [0.25, 0.3) is 0 Å². The Balaban J connectivity index is 3.33. The Morgan fingerprint density at radius 2 is 2.00 bits per heavy atom. The minimum absolute atomic E-state index is 0.192. The van der Waals surface area contributed by atoms with Gasteiger partial charge in [-0.1, -0.05) is 36.4 Å². The third kappa shape index (κ3) is 3.02. The zero-order chi connectivity index (χ0) is 5.86. The van der Waals surface area contributed by atoms with Gasteiger partial charge in [-0.25, -0.2) is 0 Å². The number of hydrogen-bond acceptors (Lipinski definition) is 1. The van der Waals surface area contributed by atoms with Gasteiger partial charge < -0.3 is 4.79 Å². The van der Waals surface area contributed by atoms with E-state index in [1.54, 1.807) is 0 Å². The molecule has 0 heterocycles. The van der Waals surface area contributed by atoms with Crippen LogP contribution in [0.4, 0.5) is 0 Å². The summed E-state index contributed by atoms with van der Waals surface area (Å²) in [5.41, 5.74) is 0. The summed E-state index contributed by atoms with van der Waals surface area (Å²) < 4.78 is 0.192. The van der Waals surface area contributed by atoms with E-state index in [0.717, 1.165) is 6.29 Å². The molecular formula is C5H9IO. The van der Waals surface area contributed by atoms with Crippen LogP contribution in [0.15, 0.2) is 0 Å². The van der Waals surface area contributed by atoms with Gasteiger partial charge in [0.2, 0.25) is 0 Å². The third-order valence-electron chi connectivity index (χ3n) is 0.767. The Hall–Kier alpha value is 0.400. The molecule has 0 aromatic carbocycles. The standard InChI is InChI=1S/C5H9IO/c1-4(2)5(6)3-7/h3-5H,1-2H3. The zero-order valence-corrected chi connectivity index (χ0v) is 6.68. The van der Waals surface area contributed by atoms with Crippen LogP contribution in [0.5, 0.6) is 0 Å². The molecule has 2 heteroatoms. The molecule has 0 amide bonds. The van der Waals surface area contributed by atoms with E-state index in [1.807, 2.05) is 13.8 Å². The van der Waals surface area contributed by atoms with E-state index in [0.29, 0.717) is 5.92 Å². The second-order valence-corrected chi connectivity index (χ2v) is 3.26. The van der Waals surface area contributed by atoms with Crippen molar-refractivity contribution in [3.05, 3.63) is 0 Å². The van der Waals surface area contributed by atoms with Crippen molar-refractivity contribution in [2.75, 3.05) is 0 Å². The number of alkyl halides is 1. The molecule has 42 valence electrons. The van der Waals surface area contributed by atoms with E-state index >= 15 is 0 Å². The lowest BCUT2D eigenvalue weighted by Crippen LogP contribution is -2.06. The van der Waals surface area contributed by atoms with Crippen LogP contribution < -0.4 is 0 Å². The summed E-state index contributed by atoms with van der Waals surface area (Å²) in [5.74, 6) is 0.484. The quantitative estimate of drug-likeness (QED) is 0.386. The molecule has 0 aromatic heterocycles. The van der Waals surface area contributed by atoms with Crippen LogP contribution in [0, 0.1) is 5.92 Å². The minimum atomic E-state index is 0.192. The Morgan fingerprint density at radius 3 is 2.00 bits per heavy atom. The molecule has 0 spiro atoms. The second kappa shape index (κ2) is 3.41. The number of hydrogen-bond donors (Lipinski definition) is 0. The average molecular weight is 212 g/mol. The highest BCUT2D eigenvalue weighted by molar-refractivity contribution is 14.1. The number of halogens is 1. The van der Waals surface area contributed by atoms with Gasteiger partial charge in [-0.3, -0.25) is 0 Å². The van der Waals surface area contributed by atoms with Crippen LogP contribution >= 0.6 is 22.6 Å². The summed E-state index contributed by atoms with van der Waals surface area (Å²) in [4.78, 5) is 9.94. The predicted molar refractivity (Wildman–Crippen MR) is 38.7 cm³/mol. The van der Waals surface area contributed by atoms with Gasteiger partial charge in [0.1, 0.15) is 6.29 Å². The Bertz CT molecular complexity index is 61.1. The summed E-state index contributed by atoms with van der Waals surface area (Å²) in [6.45, 7) is 4.07. The van der Waals surface area contributed by atoms with E-state index in [4.69, 9.17) is 0 Å². The van der Waals surface area contributed by atoms with Gasteiger partial charge in [0.15, 0.2) is 0 Å². The SMILES string of the molecule is CC(C)C(I)C=O. The van der Waals surface area contributed by atoms with Gasteiger partial charge in [-0.2, -0.15) is 0 Å². The molecule has 0 fully saturated rings. The molecule has 0 aliphatic heterocycles. The maximum atomic E-state index is 9.94. The van der Waals surface area contributed by atoms with Crippen molar-refractivity contribution < 1.29 is 4.79 Å². The number of aldehydes is 1. The second-order valence-electron chi connectivity index (χ2n) is 1.82. The first kappa shape index (κ1) is 7.40. The first-order valence-electron chi connectivity index (χ1n) is 2.28. The van der Waals surface area contributed by atoms with Crippen LogP contribution in [0.3, 0.4) is 0 Å². The van der Waals surface area contributed by atoms with E-state index < -0.39 is 0 Å². The highest BCUT2D eigenvalue weighted by atomic mass is 127. The van der Waals surface area contributed by atoms with Crippen molar-refractivity contribution in [1.82, 2.24) is 0 Å². The molecular weight excluding hydrogens is 203 g/mol. The van der Waals surface area contributed by atoms with Crippen molar-refractivity contribution in [1.29, 1.82) is 0 Å². The van der Waals surface area contributed by atoms with E-state index in [2.05, 4.69) is 22.6 Å². The number of carbonyl (C=O) groups excluding carboxylic acids is 1. The van der Waals surface area contributed by atoms with Gasteiger partial charge in [-0.05, 0) is 5.92 Å². The molecule has 0 rings (SSSR count). The predicted octanol–water partition coefficient (Wildman–Crippen LogP) is 1.64. The molecule has 0 bridgehead atoms. The summed E-state index contributed by atoms with van der Waals surface area (Å²) in [7, 11) is 0. The molecule has 0 radical (unpaired) electrons. The van der Waals surface area contributed by atoms with Gasteiger partial charge in [0, 0.05) is 0 Å². The van der Waals surface area contributed by atoms with E-state index in [1.165, 1.54) is 0 Å². The lowest BCUT2D eigenvalue weighted by molar-refractivity contribution is -0.107. The fraction of sp³-hybridized carbons (Fsp3) is 0.800. The minimum Gasteiger partial charge on any atom is -0.302 e. The Morgan fingerprint density at radius 1 is 1.57 bits per heavy atom. The van der Waals surface area contributed by atoms with Crippen molar-refractivity contribution in [2.45, 2.75) is 17.8 Å². The molecule has 1 atom stereocenters. The first-order valence-corrected chi connectivity index (χ1v) is 3.52. The summed E-state index contributed by atoms with van der Waals surface area (Å²) in [6, 6.07) is 0. The molecule has 7 heavy (non-hydrogen) atoms. The summed E-state index contributed by atoms with van der Waals surface area (Å²) >= 11 is 2.13. The van der Waals surface area contributed by atoms with Crippen molar-refractivity contribution in [3.8, 4) is 0 Å². The van der Waals surface area contributed by atoms with Crippen molar-refractivity contribution >= 4 is 28.9 Å². The largest absolute Gasteiger partial charge is 0.302 e.